The maximum atomic E-state index is 11.9. The predicted octanol–water partition coefficient (Wildman–Crippen LogP) is 0.174. The number of aliphatic hydroxyl groups is 1. The number of hydrogen-bond acceptors (Lipinski definition) is 5. The Kier molecular flexibility index (Phi) is 2.81. The van der Waals surface area contributed by atoms with Crippen LogP contribution in [0.3, 0.4) is 0 Å². The summed E-state index contributed by atoms with van der Waals surface area (Å²) >= 11 is 0. The van der Waals surface area contributed by atoms with E-state index in [0.717, 1.165) is 5.56 Å². The van der Waals surface area contributed by atoms with Gasteiger partial charge in [0.15, 0.2) is 11.2 Å². The van der Waals surface area contributed by atoms with Gasteiger partial charge in [0.2, 0.25) is 0 Å². The number of aromatic nitrogens is 5. The molecule has 2 heterocycles. The lowest BCUT2D eigenvalue weighted by molar-refractivity contribution is 0.270. The van der Waals surface area contributed by atoms with Crippen LogP contribution in [-0.4, -0.2) is 36.7 Å². The molecule has 7 heteroatoms. The predicted molar refractivity (Wildman–Crippen MR) is 68.5 cm³/mol. The Morgan fingerprint density at radius 2 is 2.05 bits per heavy atom. The summed E-state index contributed by atoms with van der Waals surface area (Å²) in [6, 6.07) is 9.32. The first-order valence-electron chi connectivity index (χ1n) is 5.79. The van der Waals surface area contributed by atoms with Crippen LogP contribution < -0.4 is 5.56 Å². The summed E-state index contributed by atoms with van der Waals surface area (Å²) in [6.45, 7) is 0.162. The summed E-state index contributed by atoms with van der Waals surface area (Å²) < 4.78 is 1.41. The first-order chi connectivity index (χ1) is 9.29. The second-order valence-electron chi connectivity index (χ2n) is 3.99. The number of hydrogen-bond donors (Lipinski definition) is 2. The summed E-state index contributed by atoms with van der Waals surface area (Å²) in [5, 5.41) is 16.5. The summed E-state index contributed by atoms with van der Waals surface area (Å²) in [7, 11) is 0. The Hall–Kier alpha value is -2.54. The minimum absolute atomic E-state index is 0.0897. The molecule has 2 N–H and O–H groups in total. The van der Waals surface area contributed by atoms with Crippen molar-refractivity contribution >= 4 is 11.2 Å². The number of benzene rings is 1. The van der Waals surface area contributed by atoms with Crippen molar-refractivity contribution in [1.29, 1.82) is 0 Å². The van der Waals surface area contributed by atoms with Crippen molar-refractivity contribution < 1.29 is 5.11 Å². The third-order valence-electron chi connectivity index (χ3n) is 2.73. The maximum absolute atomic E-state index is 11.9. The minimum atomic E-state index is -0.340. The number of rotatable bonds is 3. The van der Waals surface area contributed by atoms with E-state index in [9.17, 15) is 4.79 Å². The zero-order chi connectivity index (χ0) is 13.2. The van der Waals surface area contributed by atoms with Crippen LogP contribution in [0.25, 0.3) is 22.6 Å². The highest BCUT2D eigenvalue weighted by molar-refractivity contribution is 5.71. The number of nitrogens with one attached hydrogen (secondary N) is 1. The molecule has 0 saturated carbocycles. The zero-order valence-corrected chi connectivity index (χ0v) is 9.95. The number of aromatic amines is 1. The van der Waals surface area contributed by atoms with E-state index in [-0.39, 0.29) is 24.2 Å². The molecule has 0 spiro atoms. The second kappa shape index (κ2) is 4.62. The highest BCUT2D eigenvalue weighted by atomic mass is 16.3. The van der Waals surface area contributed by atoms with E-state index >= 15 is 0 Å². The van der Waals surface area contributed by atoms with E-state index in [1.54, 1.807) is 0 Å². The van der Waals surface area contributed by atoms with Crippen molar-refractivity contribution in [3.05, 3.63) is 40.7 Å². The Morgan fingerprint density at radius 3 is 2.79 bits per heavy atom. The van der Waals surface area contributed by atoms with Crippen molar-refractivity contribution in [3.63, 3.8) is 0 Å². The molecule has 1 aromatic carbocycles. The lowest BCUT2D eigenvalue weighted by atomic mass is 10.2. The molecule has 0 amide bonds. The molecule has 2 aromatic heterocycles. The van der Waals surface area contributed by atoms with Gasteiger partial charge < -0.3 is 10.1 Å². The minimum Gasteiger partial charge on any atom is -0.394 e. The molecule has 3 rings (SSSR count). The van der Waals surface area contributed by atoms with E-state index in [1.807, 2.05) is 30.3 Å². The fraction of sp³-hybridized carbons (Fsp3) is 0.167. The molecule has 0 atom stereocenters. The molecular formula is C12H11N5O2. The first kappa shape index (κ1) is 11.5. The maximum Gasteiger partial charge on any atom is 0.281 e. The molecule has 3 aromatic rings. The van der Waals surface area contributed by atoms with E-state index in [1.165, 1.54) is 4.68 Å². The number of H-pyrrole nitrogens is 1. The molecule has 0 aliphatic rings. The normalized spacial score (nSPS) is 11.0. The largest absolute Gasteiger partial charge is 0.394 e. The lowest BCUT2D eigenvalue weighted by Crippen LogP contribution is -2.11. The topological polar surface area (TPSA) is 96.7 Å². The van der Waals surface area contributed by atoms with Crippen molar-refractivity contribution in [1.82, 2.24) is 25.0 Å². The molecule has 0 aliphatic heterocycles. The van der Waals surface area contributed by atoms with E-state index in [0.29, 0.717) is 11.5 Å². The number of nitrogens with zero attached hydrogens (tertiary/aromatic N) is 4. The average Bonchev–Trinajstić information content (AvgIpc) is 2.84. The third kappa shape index (κ3) is 2.00. The standard InChI is InChI=1S/C12H11N5O2/c18-7-6-17-11-9(15-16-17)12(19)14-10(13-11)8-4-2-1-3-5-8/h1-5,18H,6-7H2,(H,13,14,19). The number of fused-ring (bicyclic) bond motifs is 1. The number of aliphatic hydroxyl groups excluding tert-OH is 1. The van der Waals surface area contributed by atoms with Crippen LogP contribution in [0.15, 0.2) is 35.1 Å². The van der Waals surface area contributed by atoms with Crippen LogP contribution in [0.2, 0.25) is 0 Å². The van der Waals surface area contributed by atoms with Gasteiger partial charge in [-0.15, -0.1) is 5.10 Å². The smallest absolute Gasteiger partial charge is 0.281 e. The van der Waals surface area contributed by atoms with Crippen molar-refractivity contribution in [2.75, 3.05) is 6.61 Å². The van der Waals surface area contributed by atoms with Gasteiger partial charge in [-0.05, 0) is 0 Å². The van der Waals surface area contributed by atoms with Crippen LogP contribution in [0.5, 0.6) is 0 Å². The fourth-order valence-electron chi connectivity index (χ4n) is 1.84. The Balaban J connectivity index is 2.23. The highest BCUT2D eigenvalue weighted by Crippen LogP contribution is 2.14. The van der Waals surface area contributed by atoms with Gasteiger partial charge in [0, 0.05) is 5.56 Å². The highest BCUT2D eigenvalue weighted by Gasteiger charge is 2.12. The molecule has 7 nitrogen and oxygen atoms in total. The van der Waals surface area contributed by atoms with Crippen LogP contribution >= 0.6 is 0 Å². The van der Waals surface area contributed by atoms with Crippen molar-refractivity contribution in [2.45, 2.75) is 6.54 Å². The molecule has 0 saturated heterocycles. The van der Waals surface area contributed by atoms with E-state index < -0.39 is 0 Å². The molecular weight excluding hydrogens is 246 g/mol. The summed E-state index contributed by atoms with van der Waals surface area (Å²) in [5.41, 5.74) is 1.01. The molecule has 96 valence electrons. The Labute approximate surface area is 107 Å². The quantitative estimate of drug-likeness (QED) is 0.697. The van der Waals surface area contributed by atoms with Gasteiger partial charge in [-0.2, -0.15) is 0 Å². The molecule has 0 radical (unpaired) electrons. The van der Waals surface area contributed by atoms with Crippen LogP contribution in [0, 0.1) is 0 Å². The van der Waals surface area contributed by atoms with Gasteiger partial charge in [0.1, 0.15) is 5.82 Å². The molecule has 0 fully saturated rings. The van der Waals surface area contributed by atoms with E-state index in [4.69, 9.17) is 5.11 Å². The average molecular weight is 257 g/mol. The van der Waals surface area contributed by atoms with Gasteiger partial charge in [-0.1, -0.05) is 35.5 Å². The van der Waals surface area contributed by atoms with Crippen LogP contribution in [0.1, 0.15) is 0 Å². The SMILES string of the molecule is O=c1[nH]c(-c2ccccc2)nc2c1nnn2CCO. The van der Waals surface area contributed by atoms with Crippen molar-refractivity contribution in [2.24, 2.45) is 0 Å². The second-order valence-corrected chi connectivity index (χ2v) is 3.99. The van der Waals surface area contributed by atoms with Crippen LogP contribution in [-0.2, 0) is 6.54 Å². The van der Waals surface area contributed by atoms with Crippen LogP contribution in [0.4, 0.5) is 0 Å². The van der Waals surface area contributed by atoms with Gasteiger partial charge in [-0.3, -0.25) is 4.79 Å². The van der Waals surface area contributed by atoms with Gasteiger partial charge in [-0.25, -0.2) is 9.67 Å². The molecule has 0 bridgehead atoms. The molecule has 0 aliphatic carbocycles. The van der Waals surface area contributed by atoms with Gasteiger partial charge >= 0.3 is 0 Å². The summed E-state index contributed by atoms with van der Waals surface area (Å²) in [5.74, 6) is 0.458. The first-order valence-corrected chi connectivity index (χ1v) is 5.79. The molecule has 19 heavy (non-hydrogen) atoms. The zero-order valence-electron chi connectivity index (χ0n) is 9.95. The Morgan fingerprint density at radius 1 is 1.26 bits per heavy atom. The lowest BCUT2D eigenvalue weighted by Gasteiger charge is -2.01. The van der Waals surface area contributed by atoms with Gasteiger partial charge in [0.05, 0.1) is 13.2 Å². The monoisotopic (exact) mass is 257 g/mol. The summed E-state index contributed by atoms with van der Waals surface area (Å²) in [4.78, 5) is 18.9. The molecule has 0 unspecified atom stereocenters. The fourth-order valence-corrected chi connectivity index (χ4v) is 1.84. The Bertz CT molecular complexity index is 763. The van der Waals surface area contributed by atoms with Gasteiger partial charge in [0.25, 0.3) is 5.56 Å². The van der Waals surface area contributed by atoms with Crippen molar-refractivity contribution in [3.8, 4) is 11.4 Å². The summed E-state index contributed by atoms with van der Waals surface area (Å²) in [6.07, 6.45) is 0. The third-order valence-corrected chi connectivity index (χ3v) is 2.73. The van der Waals surface area contributed by atoms with E-state index in [2.05, 4.69) is 20.3 Å².